The Hall–Kier alpha value is -1.40. The summed E-state index contributed by atoms with van der Waals surface area (Å²) in [5.41, 5.74) is 0.0378. The van der Waals surface area contributed by atoms with Gasteiger partial charge in [-0.05, 0) is 60.8 Å². The first kappa shape index (κ1) is 23.6. The van der Waals surface area contributed by atoms with Crippen LogP contribution in [-0.2, 0) is 19.1 Å². The maximum atomic E-state index is 11.8. The molecule has 0 bridgehead atoms. The van der Waals surface area contributed by atoms with Crippen LogP contribution in [0.4, 0.5) is 0 Å². The molecule has 0 radical (unpaired) electrons. The van der Waals surface area contributed by atoms with Crippen LogP contribution in [0.3, 0.4) is 0 Å². The number of carbonyl (C=O) groups excluding carboxylic acids is 2. The molecule has 0 unspecified atom stereocenters. The summed E-state index contributed by atoms with van der Waals surface area (Å²) in [4.78, 5) is 27.7. The Morgan fingerprint density at radius 3 is 2.12 bits per heavy atom. The maximum Gasteiger partial charge on any atom is 0.333 e. The lowest BCUT2D eigenvalue weighted by Crippen LogP contribution is -2.31. The van der Waals surface area contributed by atoms with Crippen molar-refractivity contribution in [2.24, 2.45) is 5.41 Å². The second kappa shape index (κ2) is 12.0. The van der Waals surface area contributed by atoms with Gasteiger partial charge in [-0.3, -0.25) is 4.79 Å². The number of esters is 2. The third-order valence-corrected chi connectivity index (χ3v) is 3.71. The summed E-state index contributed by atoms with van der Waals surface area (Å²) < 4.78 is 10.5. The standard InChI is InChI=1S/C19H36N2O4/c1-8-21(13-15-25-18(23)19(3,4)5)11-9-10-16(2)17(22)24-14-12-20(6)7/h2,8-15H2,1,3-7H3. The summed E-state index contributed by atoms with van der Waals surface area (Å²) in [6.07, 6.45) is 1.43. The monoisotopic (exact) mass is 356 g/mol. The highest BCUT2D eigenvalue weighted by atomic mass is 16.5. The second-order valence-electron chi connectivity index (χ2n) is 7.47. The molecule has 146 valence electrons. The van der Waals surface area contributed by atoms with Gasteiger partial charge < -0.3 is 19.3 Å². The van der Waals surface area contributed by atoms with Crippen molar-refractivity contribution >= 4 is 11.9 Å². The van der Waals surface area contributed by atoms with E-state index in [1.807, 2.05) is 39.8 Å². The SMILES string of the molecule is C=C(CCCN(CC)CCOC(=O)C(C)(C)C)C(=O)OCCN(C)C. The smallest absolute Gasteiger partial charge is 0.333 e. The molecule has 0 saturated heterocycles. The van der Waals surface area contributed by atoms with Crippen LogP contribution in [0.2, 0.25) is 0 Å². The zero-order valence-corrected chi connectivity index (χ0v) is 16.9. The number of carbonyl (C=O) groups is 2. The molecule has 25 heavy (non-hydrogen) atoms. The van der Waals surface area contributed by atoms with E-state index in [9.17, 15) is 9.59 Å². The van der Waals surface area contributed by atoms with E-state index in [2.05, 4.69) is 18.4 Å². The number of ether oxygens (including phenoxy) is 2. The van der Waals surface area contributed by atoms with Gasteiger partial charge in [0.2, 0.25) is 0 Å². The predicted octanol–water partition coefficient (Wildman–Crippen LogP) is 2.34. The summed E-state index contributed by atoms with van der Waals surface area (Å²) in [5.74, 6) is -0.499. The fraction of sp³-hybridized carbons (Fsp3) is 0.789. The summed E-state index contributed by atoms with van der Waals surface area (Å²) >= 11 is 0. The normalized spacial score (nSPS) is 11.7. The van der Waals surface area contributed by atoms with Gasteiger partial charge in [0, 0.05) is 18.7 Å². The van der Waals surface area contributed by atoms with E-state index in [1.54, 1.807) is 0 Å². The molecule has 0 fully saturated rings. The molecule has 0 amide bonds. The van der Waals surface area contributed by atoms with Crippen molar-refractivity contribution in [1.82, 2.24) is 9.80 Å². The molecular formula is C19H36N2O4. The number of hydrogen-bond donors (Lipinski definition) is 0. The average molecular weight is 357 g/mol. The van der Waals surface area contributed by atoms with Crippen LogP contribution in [-0.4, -0.2) is 75.2 Å². The Kier molecular flexibility index (Phi) is 11.4. The number of hydrogen-bond acceptors (Lipinski definition) is 6. The zero-order valence-electron chi connectivity index (χ0n) is 16.9. The molecule has 0 atom stereocenters. The Bertz CT molecular complexity index is 428. The quantitative estimate of drug-likeness (QED) is 0.395. The van der Waals surface area contributed by atoms with Crippen molar-refractivity contribution in [2.45, 2.75) is 40.5 Å². The van der Waals surface area contributed by atoms with Gasteiger partial charge in [0.25, 0.3) is 0 Å². The minimum atomic E-state index is -0.471. The van der Waals surface area contributed by atoms with Crippen molar-refractivity contribution in [3.8, 4) is 0 Å². The Morgan fingerprint density at radius 2 is 1.60 bits per heavy atom. The van der Waals surface area contributed by atoms with Crippen molar-refractivity contribution in [3.05, 3.63) is 12.2 Å². The molecule has 0 rings (SSSR count). The summed E-state index contributed by atoms with van der Waals surface area (Å²) in [6, 6.07) is 0. The van der Waals surface area contributed by atoms with Crippen molar-refractivity contribution in [1.29, 1.82) is 0 Å². The summed E-state index contributed by atoms with van der Waals surface area (Å²) in [5, 5.41) is 0. The van der Waals surface area contributed by atoms with Gasteiger partial charge in [0.1, 0.15) is 13.2 Å². The van der Waals surface area contributed by atoms with Crippen LogP contribution >= 0.6 is 0 Å². The van der Waals surface area contributed by atoms with E-state index in [1.165, 1.54) is 0 Å². The molecule has 0 aliphatic carbocycles. The van der Waals surface area contributed by atoms with E-state index in [0.717, 1.165) is 19.5 Å². The van der Waals surface area contributed by atoms with Crippen molar-refractivity contribution in [2.75, 3.05) is 53.5 Å². The molecule has 0 spiro atoms. The lowest BCUT2D eigenvalue weighted by Gasteiger charge is -2.22. The van der Waals surface area contributed by atoms with E-state index in [4.69, 9.17) is 9.47 Å². The lowest BCUT2D eigenvalue weighted by molar-refractivity contribution is -0.153. The van der Waals surface area contributed by atoms with Gasteiger partial charge in [-0.1, -0.05) is 13.5 Å². The van der Waals surface area contributed by atoms with E-state index < -0.39 is 5.41 Å². The van der Waals surface area contributed by atoms with Crippen LogP contribution in [0, 0.1) is 5.41 Å². The number of likely N-dealkylation sites (N-methyl/N-ethyl adjacent to an activating group) is 2. The lowest BCUT2D eigenvalue weighted by atomic mass is 9.97. The van der Waals surface area contributed by atoms with Gasteiger partial charge in [0.15, 0.2) is 0 Å². The Labute approximate surface area is 153 Å². The van der Waals surface area contributed by atoms with Crippen LogP contribution < -0.4 is 0 Å². The van der Waals surface area contributed by atoms with Gasteiger partial charge in [-0.15, -0.1) is 0 Å². The van der Waals surface area contributed by atoms with Crippen LogP contribution in [0.25, 0.3) is 0 Å². The molecule has 0 aromatic heterocycles. The van der Waals surface area contributed by atoms with Crippen LogP contribution in [0.5, 0.6) is 0 Å². The minimum absolute atomic E-state index is 0.183. The molecule has 0 aliphatic rings. The first-order valence-corrected chi connectivity index (χ1v) is 8.97. The van der Waals surface area contributed by atoms with Crippen LogP contribution in [0.1, 0.15) is 40.5 Å². The Morgan fingerprint density at radius 1 is 1.00 bits per heavy atom. The molecule has 6 heteroatoms. The van der Waals surface area contributed by atoms with E-state index in [0.29, 0.717) is 38.3 Å². The van der Waals surface area contributed by atoms with Gasteiger partial charge >= 0.3 is 11.9 Å². The predicted molar refractivity (Wildman–Crippen MR) is 100 cm³/mol. The average Bonchev–Trinajstić information content (AvgIpc) is 2.51. The highest BCUT2D eigenvalue weighted by Gasteiger charge is 2.22. The van der Waals surface area contributed by atoms with Crippen molar-refractivity contribution in [3.63, 3.8) is 0 Å². The molecule has 0 aromatic carbocycles. The highest BCUT2D eigenvalue weighted by molar-refractivity contribution is 5.87. The molecule has 0 heterocycles. The second-order valence-corrected chi connectivity index (χ2v) is 7.47. The van der Waals surface area contributed by atoms with Crippen LogP contribution in [0.15, 0.2) is 12.2 Å². The largest absolute Gasteiger partial charge is 0.464 e. The molecule has 6 nitrogen and oxygen atoms in total. The number of nitrogens with zero attached hydrogens (tertiary/aromatic N) is 2. The van der Waals surface area contributed by atoms with Crippen molar-refractivity contribution < 1.29 is 19.1 Å². The highest BCUT2D eigenvalue weighted by Crippen LogP contribution is 2.15. The summed E-state index contributed by atoms with van der Waals surface area (Å²) in [6.45, 7) is 15.3. The molecule has 0 N–H and O–H groups in total. The maximum absolute atomic E-state index is 11.8. The first-order chi connectivity index (χ1) is 11.6. The number of rotatable bonds is 12. The fourth-order valence-corrected chi connectivity index (χ4v) is 1.95. The third-order valence-electron chi connectivity index (χ3n) is 3.71. The third kappa shape index (κ3) is 11.7. The Balaban J connectivity index is 3.97. The topological polar surface area (TPSA) is 59.1 Å². The summed E-state index contributed by atoms with van der Waals surface area (Å²) in [7, 11) is 3.86. The minimum Gasteiger partial charge on any atom is -0.464 e. The van der Waals surface area contributed by atoms with Gasteiger partial charge in [0.05, 0.1) is 5.41 Å². The van der Waals surface area contributed by atoms with Gasteiger partial charge in [-0.2, -0.15) is 0 Å². The molecule has 0 saturated carbocycles. The first-order valence-electron chi connectivity index (χ1n) is 8.97. The zero-order chi connectivity index (χ0) is 19.5. The molecular weight excluding hydrogens is 320 g/mol. The molecule has 0 aliphatic heterocycles. The van der Waals surface area contributed by atoms with Gasteiger partial charge in [-0.25, -0.2) is 4.79 Å². The van der Waals surface area contributed by atoms with E-state index in [-0.39, 0.29) is 11.9 Å². The van der Waals surface area contributed by atoms with E-state index >= 15 is 0 Å². The molecule has 0 aromatic rings. The fourth-order valence-electron chi connectivity index (χ4n) is 1.95.